The molecule has 0 aliphatic carbocycles. The van der Waals surface area contributed by atoms with Gasteiger partial charge in [0.15, 0.2) is 0 Å². The van der Waals surface area contributed by atoms with Gasteiger partial charge in [-0.15, -0.1) is 0 Å². The zero-order valence-corrected chi connectivity index (χ0v) is 13.9. The van der Waals surface area contributed by atoms with Gasteiger partial charge in [0.2, 0.25) is 11.8 Å². The Morgan fingerprint density at radius 2 is 2.04 bits per heavy atom. The summed E-state index contributed by atoms with van der Waals surface area (Å²) >= 11 is 0. The van der Waals surface area contributed by atoms with Crippen molar-refractivity contribution in [3.8, 4) is 5.75 Å². The fraction of sp³-hybridized carbons (Fsp3) is 0.333. The van der Waals surface area contributed by atoms with Crippen molar-refractivity contribution >= 4 is 17.3 Å². The van der Waals surface area contributed by atoms with E-state index in [9.17, 15) is 14.5 Å². The van der Waals surface area contributed by atoms with Gasteiger partial charge >= 0.3 is 5.69 Å². The normalized spacial score (nSPS) is 10.4. The first kappa shape index (κ1) is 17.4. The molecule has 2 rings (SSSR count). The highest BCUT2D eigenvalue weighted by Gasteiger charge is 2.25. The van der Waals surface area contributed by atoms with Crippen LogP contribution in [-0.2, 0) is 6.54 Å². The molecule has 9 heteroatoms. The molecular formula is C15H18FN5O3. The van der Waals surface area contributed by atoms with Crippen LogP contribution in [0.15, 0.2) is 24.4 Å². The van der Waals surface area contributed by atoms with Crippen LogP contribution in [0.4, 0.5) is 21.7 Å². The zero-order chi connectivity index (χ0) is 17.9. The summed E-state index contributed by atoms with van der Waals surface area (Å²) in [5.41, 5.74) is 0.163. The largest absolute Gasteiger partial charge is 0.497 e. The topological polar surface area (TPSA) is 84.6 Å². The summed E-state index contributed by atoms with van der Waals surface area (Å²) in [5, 5.41) is 11.2. The van der Waals surface area contributed by atoms with Crippen molar-refractivity contribution in [2.24, 2.45) is 0 Å². The molecule has 0 aliphatic heterocycles. The highest BCUT2D eigenvalue weighted by molar-refractivity contribution is 5.66. The van der Waals surface area contributed by atoms with Crippen molar-refractivity contribution in [3.05, 3.63) is 46.0 Å². The van der Waals surface area contributed by atoms with Gasteiger partial charge in [0.1, 0.15) is 11.4 Å². The monoisotopic (exact) mass is 335 g/mol. The number of methoxy groups -OCH3 is 1. The smallest absolute Gasteiger partial charge is 0.328 e. The van der Waals surface area contributed by atoms with Crippen LogP contribution >= 0.6 is 0 Å². The minimum absolute atomic E-state index is 0.113. The molecule has 0 unspecified atom stereocenters. The lowest BCUT2D eigenvalue weighted by molar-refractivity contribution is -0.386. The fourth-order valence-electron chi connectivity index (χ4n) is 2.17. The maximum atomic E-state index is 14.0. The molecule has 0 saturated heterocycles. The van der Waals surface area contributed by atoms with Crippen LogP contribution in [0, 0.1) is 15.9 Å². The van der Waals surface area contributed by atoms with Crippen LogP contribution in [0.2, 0.25) is 0 Å². The summed E-state index contributed by atoms with van der Waals surface area (Å²) in [4.78, 5) is 22.2. The standard InChI is InChI=1S/C15H18FN5O3/c1-19(2)15-17-6-5-10(18-15)9-20(3)13-8-11(24-4)7-12(16)14(13)21(22)23/h5-8H,9H2,1-4H3. The Hall–Kier alpha value is -2.97. The number of nitrogens with zero attached hydrogens (tertiary/aromatic N) is 5. The summed E-state index contributed by atoms with van der Waals surface area (Å²) in [6, 6.07) is 4.12. The molecule has 0 amide bonds. The lowest BCUT2D eigenvalue weighted by atomic mass is 10.2. The molecule has 1 heterocycles. The third kappa shape index (κ3) is 3.67. The molecule has 8 nitrogen and oxygen atoms in total. The van der Waals surface area contributed by atoms with Crippen LogP contribution in [0.3, 0.4) is 0 Å². The second-order valence-corrected chi connectivity index (χ2v) is 5.33. The minimum atomic E-state index is -0.946. The molecule has 0 N–H and O–H groups in total. The lowest BCUT2D eigenvalue weighted by Crippen LogP contribution is -2.20. The van der Waals surface area contributed by atoms with Crippen molar-refractivity contribution in [1.82, 2.24) is 9.97 Å². The molecule has 0 radical (unpaired) electrons. The minimum Gasteiger partial charge on any atom is -0.497 e. The Morgan fingerprint density at radius 1 is 1.33 bits per heavy atom. The van der Waals surface area contributed by atoms with Crippen LogP contribution in [0.5, 0.6) is 5.75 Å². The molecule has 0 atom stereocenters. The van der Waals surface area contributed by atoms with Gasteiger partial charge in [-0.3, -0.25) is 10.1 Å². The van der Waals surface area contributed by atoms with Crippen LogP contribution in [-0.4, -0.2) is 43.1 Å². The van der Waals surface area contributed by atoms with E-state index in [2.05, 4.69) is 9.97 Å². The molecule has 1 aromatic heterocycles. The molecule has 24 heavy (non-hydrogen) atoms. The van der Waals surface area contributed by atoms with E-state index < -0.39 is 16.4 Å². The van der Waals surface area contributed by atoms with Crippen LogP contribution < -0.4 is 14.5 Å². The van der Waals surface area contributed by atoms with Crippen molar-refractivity contribution < 1.29 is 14.1 Å². The van der Waals surface area contributed by atoms with Crippen molar-refractivity contribution in [1.29, 1.82) is 0 Å². The van der Waals surface area contributed by atoms with Gasteiger partial charge < -0.3 is 14.5 Å². The average molecular weight is 335 g/mol. The number of nitro groups is 1. The molecule has 0 spiro atoms. The van der Waals surface area contributed by atoms with Gasteiger partial charge in [-0.2, -0.15) is 4.39 Å². The maximum Gasteiger partial charge on any atom is 0.328 e. The Kier molecular flexibility index (Phi) is 5.12. The number of aromatic nitrogens is 2. The Morgan fingerprint density at radius 3 is 2.62 bits per heavy atom. The van der Waals surface area contributed by atoms with Crippen molar-refractivity contribution in [2.75, 3.05) is 38.1 Å². The first-order chi connectivity index (χ1) is 11.3. The number of halogens is 1. The average Bonchev–Trinajstić information content (AvgIpc) is 2.53. The Bertz CT molecular complexity index is 754. The molecule has 0 saturated carbocycles. The van der Waals surface area contributed by atoms with Gasteiger partial charge in [-0.05, 0) is 6.07 Å². The Labute approximate surface area is 138 Å². The first-order valence-corrected chi connectivity index (χ1v) is 7.05. The molecule has 0 bridgehead atoms. The highest BCUT2D eigenvalue weighted by atomic mass is 19.1. The number of benzene rings is 1. The zero-order valence-electron chi connectivity index (χ0n) is 13.9. The van der Waals surface area contributed by atoms with E-state index in [0.29, 0.717) is 11.6 Å². The van der Waals surface area contributed by atoms with Gasteiger partial charge in [-0.1, -0.05) is 0 Å². The van der Waals surface area contributed by atoms with Crippen molar-refractivity contribution in [3.63, 3.8) is 0 Å². The van der Waals surface area contributed by atoms with E-state index in [1.165, 1.54) is 13.2 Å². The number of nitro benzene ring substituents is 1. The van der Waals surface area contributed by atoms with Crippen molar-refractivity contribution in [2.45, 2.75) is 6.54 Å². The molecule has 0 fully saturated rings. The molecule has 0 aliphatic rings. The quantitative estimate of drug-likeness (QED) is 0.591. The third-order valence-electron chi connectivity index (χ3n) is 3.35. The number of ether oxygens (including phenoxy) is 1. The predicted molar refractivity (Wildman–Crippen MR) is 88.1 cm³/mol. The first-order valence-electron chi connectivity index (χ1n) is 7.05. The van der Waals surface area contributed by atoms with E-state index in [1.54, 1.807) is 29.1 Å². The summed E-state index contributed by atoms with van der Waals surface area (Å²) in [6.45, 7) is 0.247. The SMILES string of the molecule is COc1cc(F)c([N+](=O)[O-])c(N(C)Cc2ccnc(N(C)C)n2)c1. The van der Waals surface area contributed by atoms with Gasteiger partial charge in [0, 0.05) is 39.5 Å². The summed E-state index contributed by atoms with van der Waals surface area (Å²) in [7, 11) is 6.62. The maximum absolute atomic E-state index is 14.0. The summed E-state index contributed by atoms with van der Waals surface area (Å²) < 4.78 is 19.0. The number of hydrogen-bond donors (Lipinski definition) is 0. The Balaban J connectivity index is 2.38. The summed E-state index contributed by atoms with van der Waals surface area (Å²) in [5.74, 6) is -0.221. The second-order valence-electron chi connectivity index (χ2n) is 5.33. The van der Waals surface area contributed by atoms with Gasteiger partial charge in [0.05, 0.1) is 24.3 Å². The van der Waals surface area contributed by atoms with E-state index in [-0.39, 0.29) is 18.0 Å². The molecular weight excluding hydrogens is 317 g/mol. The lowest BCUT2D eigenvalue weighted by Gasteiger charge is -2.20. The van der Waals surface area contributed by atoms with Crippen LogP contribution in [0.1, 0.15) is 5.69 Å². The predicted octanol–water partition coefficient (Wildman–Crippen LogP) is 2.23. The highest BCUT2D eigenvalue weighted by Crippen LogP contribution is 2.35. The van der Waals surface area contributed by atoms with E-state index >= 15 is 0 Å². The van der Waals surface area contributed by atoms with Crippen LogP contribution in [0.25, 0.3) is 0 Å². The van der Waals surface area contributed by atoms with E-state index in [0.717, 1.165) is 6.07 Å². The van der Waals surface area contributed by atoms with E-state index in [1.807, 2.05) is 14.1 Å². The number of rotatable bonds is 6. The fourth-order valence-corrected chi connectivity index (χ4v) is 2.17. The molecule has 1 aromatic carbocycles. The van der Waals surface area contributed by atoms with Gasteiger partial charge in [0.25, 0.3) is 0 Å². The number of anilines is 2. The third-order valence-corrected chi connectivity index (χ3v) is 3.35. The van der Waals surface area contributed by atoms with Gasteiger partial charge in [-0.25, -0.2) is 9.97 Å². The molecule has 2 aromatic rings. The summed E-state index contributed by atoms with van der Waals surface area (Å²) in [6.07, 6.45) is 1.60. The molecule has 128 valence electrons. The second kappa shape index (κ2) is 7.07. The van der Waals surface area contributed by atoms with E-state index in [4.69, 9.17) is 4.74 Å². The number of hydrogen-bond acceptors (Lipinski definition) is 7.